The first-order chi connectivity index (χ1) is 9.08. The zero-order valence-electron chi connectivity index (χ0n) is 11.6. The van der Waals surface area contributed by atoms with Gasteiger partial charge in [0.1, 0.15) is 11.0 Å². The van der Waals surface area contributed by atoms with Gasteiger partial charge in [-0.2, -0.15) is 15.4 Å². The predicted molar refractivity (Wildman–Crippen MR) is 74.9 cm³/mol. The second-order valence-electron chi connectivity index (χ2n) is 4.38. The highest BCUT2D eigenvalue weighted by Gasteiger charge is 1.98. The number of aromatic nitrogens is 5. The minimum atomic E-state index is 0.914. The minimum Gasteiger partial charge on any atom is -0.255 e. The van der Waals surface area contributed by atoms with E-state index in [2.05, 4.69) is 25.4 Å². The molecule has 1 aromatic carbocycles. The van der Waals surface area contributed by atoms with Crippen molar-refractivity contribution in [3.63, 3.8) is 0 Å². The number of H-pyrrole nitrogens is 1. The molecule has 2 aromatic heterocycles. The van der Waals surface area contributed by atoms with Crippen molar-refractivity contribution in [3.05, 3.63) is 47.0 Å². The molecule has 5 nitrogen and oxygen atoms in total. The van der Waals surface area contributed by atoms with Crippen LogP contribution in [0.4, 0.5) is 0 Å². The smallest absolute Gasteiger partial charge is 0.112 e. The Kier molecular flexibility index (Phi) is 3.85. The average Bonchev–Trinajstić information content (AvgIpc) is 2.85. The molecule has 0 saturated heterocycles. The van der Waals surface area contributed by atoms with Crippen LogP contribution in [0, 0.1) is 27.7 Å². The number of para-hydroxylation sites is 2. The van der Waals surface area contributed by atoms with Crippen molar-refractivity contribution in [1.82, 2.24) is 25.4 Å². The summed E-state index contributed by atoms with van der Waals surface area (Å²) in [5.41, 5.74) is 5.95. The molecule has 3 rings (SSSR count). The molecule has 0 aliphatic rings. The fourth-order valence-corrected chi connectivity index (χ4v) is 1.61. The van der Waals surface area contributed by atoms with Crippen LogP contribution in [-0.4, -0.2) is 25.4 Å². The van der Waals surface area contributed by atoms with E-state index in [0.717, 1.165) is 33.8 Å². The molecule has 0 fully saturated rings. The Hall–Kier alpha value is -2.30. The Morgan fingerprint density at radius 2 is 1.05 bits per heavy atom. The second kappa shape index (κ2) is 5.56. The molecule has 0 bridgehead atoms. The molecule has 19 heavy (non-hydrogen) atoms. The standard InChI is InChI=1S/C8H12N2.C6H5N3/c1-5-6(2)10-8(4)7(3)9-5;1-2-4-6-5(3-1)7-9-8-6/h1-4H3;1-4H,(H,7,8,9). The molecule has 0 radical (unpaired) electrons. The number of nitrogens with one attached hydrogen (secondary N) is 1. The van der Waals surface area contributed by atoms with Crippen LogP contribution in [0.3, 0.4) is 0 Å². The second-order valence-corrected chi connectivity index (χ2v) is 4.38. The summed E-state index contributed by atoms with van der Waals surface area (Å²) in [4.78, 5) is 8.62. The number of benzene rings is 1. The third kappa shape index (κ3) is 3.13. The fourth-order valence-electron chi connectivity index (χ4n) is 1.61. The summed E-state index contributed by atoms with van der Waals surface area (Å²) >= 11 is 0. The van der Waals surface area contributed by atoms with Gasteiger partial charge in [-0.3, -0.25) is 9.97 Å². The van der Waals surface area contributed by atoms with Crippen LogP contribution in [0.15, 0.2) is 24.3 Å². The van der Waals surface area contributed by atoms with E-state index in [1.54, 1.807) is 0 Å². The van der Waals surface area contributed by atoms with E-state index in [1.807, 2.05) is 52.0 Å². The molecule has 0 amide bonds. The van der Waals surface area contributed by atoms with Gasteiger partial charge in [0.15, 0.2) is 0 Å². The molecule has 5 heteroatoms. The first kappa shape index (κ1) is 13.1. The van der Waals surface area contributed by atoms with Crippen LogP contribution < -0.4 is 0 Å². The topological polar surface area (TPSA) is 67.3 Å². The predicted octanol–water partition coefficient (Wildman–Crippen LogP) is 2.67. The van der Waals surface area contributed by atoms with Gasteiger partial charge in [0.2, 0.25) is 0 Å². The van der Waals surface area contributed by atoms with E-state index in [1.165, 1.54) is 0 Å². The molecule has 2 heterocycles. The lowest BCUT2D eigenvalue weighted by Crippen LogP contribution is -1.97. The van der Waals surface area contributed by atoms with Crippen molar-refractivity contribution in [2.75, 3.05) is 0 Å². The number of aromatic amines is 1. The maximum atomic E-state index is 4.31. The average molecular weight is 255 g/mol. The van der Waals surface area contributed by atoms with Gasteiger partial charge in [0.25, 0.3) is 0 Å². The third-order valence-corrected chi connectivity index (χ3v) is 2.94. The zero-order chi connectivity index (χ0) is 13.8. The van der Waals surface area contributed by atoms with E-state index < -0.39 is 0 Å². The van der Waals surface area contributed by atoms with Gasteiger partial charge in [0, 0.05) is 0 Å². The van der Waals surface area contributed by atoms with Crippen molar-refractivity contribution in [1.29, 1.82) is 0 Å². The van der Waals surface area contributed by atoms with E-state index >= 15 is 0 Å². The summed E-state index contributed by atoms with van der Waals surface area (Å²) in [5.74, 6) is 0. The maximum absolute atomic E-state index is 4.31. The number of hydrogen-bond acceptors (Lipinski definition) is 4. The Morgan fingerprint density at radius 1 is 0.684 bits per heavy atom. The number of fused-ring (bicyclic) bond motifs is 1. The highest BCUT2D eigenvalue weighted by Crippen LogP contribution is 2.04. The number of rotatable bonds is 0. The van der Waals surface area contributed by atoms with Gasteiger partial charge >= 0.3 is 0 Å². The monoisotopic (exact) mass is 255 g/mol. The molecule has 0 unspecified atom stereocenters. The van der Waals surface area contributed by atoms with E-state index in [4.69, 9.17) is 0 Å². The van der Waals surface area contributed by atoms with E-state index in [-0.39, 0.29) is 0 Å². The van der Waals surface area contributed by atoms with Gasteiger partial charge in [0.05, 0.1) is 22.8 Å². The molecule has 98 valence electrons. The molecule has 1 N–H and O–H groups in total. The Morgan fingerprint density at radius 3 is 1.42 bits per heavy atom. The summed E-state index contributed by atoms with van der Waals surface area (Å²) in [7, 11) is 0. The number of nitrogens with zero attached hydrogens (tertiary/aromatic N) is 4. The summed E-state index contributed by atoms with van der Waals surface area (Å²) in [6, 6.07) is 7.70. The number of hydrogen-bond donors (Lipinski definition) is 1. The summed E-state index contributed by atoms with van der Waals surface area (Å²) in [6.07, 6.45) is 0. The van der Waals surface area contributed by atoms with Crippen molar-refractivity contribution in [2.45, 2.75) is 27.7 Å². The lowest BCUT2D eigenvalue weighted by Gasteiger charge is -2.01. The number of aryl methyl sites for hydroxylation is 4. The van der Waals surface area contributed by atoms with Gasteiger partial charge in [-0.15, -0.1) is 0 Å². The van der Waals surface area contributed by atoms with Crippen molar-refractivity contribution < 1.29 is 0 Å². The quantitative estimate of drug-likeness (QED) is 0.670. The van der Waals surface area contributed by atoms with E-state index in [9.17, 15) is 0 Å². The van der Waals surface area contributed by atoms with Crippen LogP contribution in [0.2, 0.25) is 0 Å². The van der Waals surface area contributed by atoms with Gasteiger partial charge in [-0.25, -0.2) is 0 Å². The molecule has 0 aliphatic carbocycles. The molecule has 0 atom stereocenters. The van der Waals surface area contributed by atoms with E-state index in [0.29, 0.717) is 0 Å². The minimum absolute atomic E-state index is 0.914. The summed E-state index contributed by atoms with van der Waals surface area (Å²) < 4.78 is 0. The van der Waals surface area contributed by atoms with Gasteiger partial charge in [-0.1, -0.05) is 12.1 Å². The molecular formula is C14H17N5. The highest BCUT2D eigenvalue weighted by atomic mass is 15.3. The third-order valence-electron chi connectivity index (χ3n) is 2.94. The Bertz CT molecular complexity index is 607. The summed E-state index contributed by atoms with van der Waals surface area (Å²) in [6.45, 7) is 7.92. The molecule has 0 aliphatic heterocycles. The molecule has 3 aromatic rings. The Labute approximate surface area is 112 Å². The summed E-state index contributed by atoms with van der Waals surface area (Å²) in [5, 5.41) is 10.3. The zero-order valence-corrected chi connectivity index (χ0v) is 11.6. The van der Waals surface area contributed by atoms with Crippen LogP contribution in [-0.2, 0) is 0 Å². The first-order valence-electron chi connectivity index (χ1n) is 6.12. The normalized spacial score (nSPS) is 10.1. The van der Waals surface area contributed by atoms with Crippen molar-refractivity contribution >= 4 is 11.0 Å². The lowest BCUT2D eigenvalue weighted by atomic mass is 10.3. The molecule has 0 saturated carbocycles. The van der Waals surface area contributed by atoms with Crippen LogP contribution in [0.1, 0.15) is 22.8 Å². The van der Waals surface area contributed by atoms with Crippen molar-refractivity contribution in [3.8, 4) is 0 Å². The lowest BCUT2D eigenvalue weighted by molar-refractivity contribution is 0.959. The largest absolute Gasteiger partial charge is 0.255 e. The van der Waals surface area contributed by atoms with Gasteiger partial charge in [-0.05, 0) is 39.8 Å². The van der Waals surface area contributed by atoms with Gasteiger partial charge < -0.3 is 0 Å². The van der Waals surface area contributed by atoms with Crippen molar-refractivity contribution in [2.24, 2.45) is 0 Å². The Balaban J connectivity index is 0.000000141. The maximum Gasteiger partial charge on any atom is 0.112 e. The molecular weight excluding hydrogens is 238 g/mol. The SMILES string of the molecule is Cc1nc(C)c(C)nc1C.c1ccc2n[nH]nc2c1. The van der Waals surface area contributed by atoms with Crippen LogP contribution in [0.25, 0.3) is 11.0 Å². The van der Waals surface area contributed by atoms with Crippen LogP contribution in [0.5, 0.6) is 0 Å². The fraction of sp³-hybridized carbons (Fsp3) is 0.286. The van der Waals surface area contributed by atoms with Crippen LogP contribution >= 0.6 is 0 Å². The highest BCUT2D eigenvalue weighted by molar-refractivity contribution is 5.72. The first-order valence-corrected chi connectivity index (χ1v) is 6.12. The molecule has 0 spiro atoms.